The molecule has 0 aromatic heterocycles. The number of rotatable bonds is 5. The molecule has 6 atom stereocenters. The van der Waals surface area contributed by atoms with E-state index in [0.717, 1.165) is 44.4 Å². The molecule has 6 unspecified atom stereocenters. The second-order valence-corrected chi connectivity index (χ2v) is 10.8. The van der Waals surface area contributed by atoms with Crippen molar-refractivity contribution in [2.45, 2.75) is 77.5 Å². The van der Waals surface area contributed by atoms with Crippen LogP contribution in [0.2, 0.25) is 0 Å². The molecule has 6 rings (SSSR count). The SMILES string of the molecule is COC1=C(C)C(=O)OC1=C1OC2=CC3C=CC4(CCCC(C(O)CCC(C)C)N4C3)C2C1C. The van der Waals surface area contributed by atoms with Crippen molar-refractivity contribution in [3.63, 3.8) is 0 Å². The molecule has 2 fully saturated rings. The highest BCUT2D eigenvalue weighted by atomic mass is 16.6. The van der Waals surface area contributed by atoms with E-state index in [1.807, 2.05) is 0 Å². The fraction of sp³-hybridized carbons (Fsp3) is 0.667. The van der Waals surface area contributed by atoms with Gasteiger partial charge in [-0.1, -0.05) is 32.9 Å². The Morgan fingerprint density at radius 3 is 2.82 bits per heavy atom. The average molecular weight is 456 g/mol. The van der Waals surface area contributed by atoms with E-state index in [0.29, 0.717) is 28.8 Å². The summed E-state index contributed by atoms with van der Waals surface area (Å²) < 4.78 is 17.6. The van der Waals surface area contributed by atoms with E-state index >= 15 is 0 Å². The average Bonchev–Trinajstić information content (AvgIpc) is 3.15. The van der Waals surface area contributed by atoms with Crippen LogP contribution >= 0.6 is 0 Å². The summed E-state index contributed by atoms with van der Waals surface area (Å²) in [6, 6.07) is 0.155. The molecule has 0 aromatic rings. The molecular formula is C27H37NO5. The summed E-state index contributed by atoms with van der Waals surface area (Å²) in [5.74, 6) is 3.14. The lowest BCUT2D eigenvalue weighted by Crippen LogP contribution is -2.64. The highest BCUT2D eigenvalue weighted by Crippen LogP contribution is 2.57. The molecule has 6 aliphatic rings. The van der Waals surface area contributed by atoms with Gasteiger partial charge in [-0.05, 0) is 51.0 Å². The smallest absolute Gasteiger partial charge is 0.343 e. The maximum atomic E-state index is 12.3. The molecule has 33 heavy (non-hydrogen) atoms. The molecule has 6 nitrogen and oxygen atoms in total. The predicted octanol–water partition coefficient (Wildman–Crippen LogP) is 4.43. The first-order valence-corrected chi connectivity index (χ1v) is 12.5. The molecule has 1 N–H and O–H groups in total. The van der Waals surface area contributed by atoms with E-state index in [-0.39, 0.29) is 41.4 Å². The van der Waals surface area contributed by atoms with Crippen molar-refractivity contribution in [3.05, 3.63) is 46.8 Å². The number of esters is 1. The van der Waals surface area contributed by atoms with Gasteiger partial charge in [0.1, 0.15) is 5.76 Å². The molecular weight excluding hydrogens is 418 g/mol. The number of ether oxygens (including phenoxy) is 3. The maximum absolute atomic E-state index is 12.3. The Balaban J connectivity index is 1.52. The Morgan fingerprint density at radius 1 is 1.30 bits per heavy atom. The van der Waals surface area contributed by atoms with Crippen LogP contribution in [0.25, 0.3) is 0 Å². The van der Waals surface area contributed by atoms with Gasteiger partial charge >= 0.3 is 5.97 Å². The Hall–Kier alpha value is -2.05. The van der Waals surface area contributed by atoms with Crippen LogP contribution in [0.5, 0.6) is 0 Å². The molecule has 180 valence electrons. The number of carbonyl (C=O) groups excluding carboxylic acids is 1. The number of hydrogen-bond donors (Lipinski definition) is 1. The number of cyclic esters (lactones) is 1. The number of aliphatic hydroxyl groups is 1. The van der Waals surface area contributed by atoms with Gasteiger partial charge < -0.3 is 19.3 Å². The topological polar surface area (TPSA) is 68.2 Å². The van der Waals surface area contributed by atoms with Gasteiger partial charge in [0.15, 0.2) is 11.5 Å². The summed E-state index contributed by atoms with van der Waals surface area (Å²) in [4.78, 5) is 14.8. The molecule has 6 heteroatoms. The van der Waals surface area contributed by atoms with Crippen molar-refractivity contribution >= 4 is 5.97 Å². The first kappa shape index (κ1) is 22.7. The van der Waals surface area contributed by atoms with Crippen molar-refractivity contribution in [1.29, 1.82) is 0 Å². The highest BCUT2D eigenvalue weighted by molar-refractivity contribution is 5.93. The second kappa shape index (κ2) is 8.31. The molecule has 1 aliphatic carbocycles. The normalized spacial score (nSPS) is 38.6. The fourth-order valence-corrected chi connectivity index (χ4v) is 6.76. The van der Waals surface area contributed by atoms with Gasteiger partial charge in [0.25, 0.3) is 0 Å². The van der Waals surface area contributed by atoms with Crippen LogP contribution in [-0.4, -0.2) is 47.3 Å². The van der Waals surface area contributed by atoms with Gasteiger partial charge in [-0.3, -0.25) is 4.90 Å². The van der Waals surface area contributed by atoms with Gasteiger partial charge in [-0.2, -0.15) is 0 Å². The third-order valence-electron chi connectivity index (χ3n) is 8.38. The molecule has 0 aromatic carbocycles. The summed E-state index contributed by atoms with van der Waals surface area (Å²) in [5.41, 5.74) is 0.278. The Morgan fingerprint density at radius 2 is 2.09 bits per heavy atom. The zero-order valence-corrected chi connectivity index (χ0v) is 20.5. The largest absolute Gasteiger partial charge is 0.492 e. The van der Waals surface area contributed by atoms with Crippen LogP contribution in [0.1, 0.15) is 59.8 Å². The number of carbonyl (C=O) groups is 1. The monoisotopic (exact) mass is 455 g/mol. The molecule has 5 aliphatic heterocycles. The first-order chi connectivity index (χ1) is 15.8. The zero-order valence-electron chi connectivity index (χ0n) is 20.5. The van der Waals surface area contributed by atoms with Crippen LogP contribution in [0.3, 0.4) is 0 Å². The predicted molar refractivity (Wildman–Crippen MR) is 124 cm³/mol. The van der Waals surface area contributed by atoms with Gasteiger partial charge in [0, 0.05) is 30.3 Å². The quantitative estimate of drug-likeness (QED) is 0.489. The van der Waals surface area contributed by atoms with Crippen molar-refractivity contribution in [2.24, 2.45) is 23.7 Å². The van der Waals surface area contributed by atoms with E-state index in [1.165, 1.54) is 0 Å². The summed E-state index contributed by atoms with van der Waals surface area (Å²) >= 11 is 0. The van der Waals surface area contributed by atoms with Crippen LogP contribution in [0.15, 0.2) is 46.8 Å². The third-order valence-corrected chi connectivity index (χ3v) is 8.38. The maximum Gasteiger partial charge on any atom is 0.343 e. The molecule has 0 radical (unpaired) electrons. The Bertz CT molecular complexity index is 960. The number of hydrogen-bond acceptors (Lipinski definition) is 6. The van der Waals surface area contributed by atoms with Gasteiger partial charge in [0.2, 0.25) is 5.76 Å². The van der Waals surface area contributed by atoms with E-state index in [2.05, 4.69) is 43.9 Å². The van der Waals surface area contributed by atoms with E-state index in [9.17, 15) is 9.90 Å². The Labute approximate surface area is 196 Å². The van der Waals surface area contributed by atoms with Gasteiger partial charge in [0.05, 0.1) is 24.3 Å². The number of methoxy groups -OCH3 is 1. The molecule has 1 spiro atoms. The molecule has 5 heterocycles. The second-order valence-electron chi connectivity index (χ2n) is 10.8. The minimum absolute atomic E-state index is 0.0191. The number of allylic oxidation sites excluding steroid dienone is 1. The van der Waals surface area contributed by atoms with Crippen LogP contribution < -0.4 is 0 Å². The molecule has 2 saturated heterocycles. The lowest BCUT2D eigenvalue weighted by molar-refractivity contribution is -0.133. The summed E-state index contributed by atoms with van der Waals surface area (Å²) in [7, 11) is 1.56. The summed E-state index contributed by atoms with van der Waals surface area (Å²) in [5, 5.41) is 11.2. The lowest BCUT2D eigenvalue weighted by atomic mass is 9.68. The molecule has 2 bridgehead atoms. The summed E-state index contributed by atoms with van der Waals surface area (Å²) in [6.45, 7) is 9.24. The Kier molecular flexibility index (Phi) is 5.73. The van der Waals surface area contributed by atoms with Crippen molar-refractivity contribution in [3.8, 4) is 0 Å². The van der Waals surface area contributed by atoms with Crippen molar-refractivity contribution in [1.82, 2.24) is 4.90 Å². The minimum Gasteiger partial charge on any atom is -0.492 e. The number of aliphatic hydroxyl groups excluding tert-OH is 1. The summed E-state index contributed by atoms with van der Waals surface area (Å²) in [6.07, 6.45) is 11.7. The van der Waals surface area contributed by atoms with Crippen LogP contribution in [0.4, 0.5) is 0 Å². The molecule has 0 saturated carbocycles. The third kappa shape index (κ3) is 3.48. The fourth-order valence-electron chi connectivity index (χ4n) is 6.76. The van der Waals surface area contributed by atoms with Gasteiger partial charge in [-0.15, -0.1) is 0 Å². The lowest BCUT2D eigenvalue weighted by Gasteiger charge is -2.55. The van der Waals surface area contributed by atoms with E-state index < -0.39 is 0 Å². The zero-order chi connectivity index (χ0) is 23.5. The highest BCUT2D eigenvalue weighted by Gasteiger charge is 2.59. The minimum atomic E-state index is -0.376. The number of piperidine rings is 1. The van der Waals surface area contributed by atoms with E-state index in [4.69, 9.17) is 14.2 Å². The molecule has 0 amide bonds. The van der Waals surface area contributed by atoms with E-state index in [1.54, 1.807) is 14.0 Å². The standard InChI is InChI=1S/C27H37NO5/c1-15(2)8-9-20(29)19-7-6-11-27-12-10-18(14-28(19)27)13-21-22(27)16(3)24(32-21)25-23(31-5)17(4)26(30)33-25/h10,12-13,15-16,18-20,22,29H,6-9,11,14H2,1-5H3. The van der Waals surface area contributed by atoms with Crippen LogP contribution in [-0.2, 0) is 19.0 Å². The first-order valence-electron chi connectivity index (χ1n) is 12.5. The van der Waals surface area contributed by atoms with Crippen molar-refractivity contribution < 1.29 is 24.1 Å². The van der Waals surface area contributed by atoms with Gasteiger partial charge in [-0.25, -0.2) is 4.79 Å². The number of nitrogens with zero attached hydrogens (tertiary/aromatic N) is 1. The van der Waals surface area contributed by atoms with Crippen LogP contribution in [0, 0.1) is 23.7 Å². The van der Waals surface area contributed by atoms with Crippen molar-refractivity contribution in [2.75, 3.05) is 13.7 Å².